The molecule has 1 aromatic rings. The minimum atomic E-state index is -0.955. The minimum Gasteiger partial charge on any atom is -0.313 e. The van der Waals surface area contributed by atoms with Gasteiger partial charge in [0, 0.05) is 18.0 Å². The average Bonchev–Trinajstić information content (AvgIpc) is 2.71. The van der Waals surface area contributed by atoms with Crippen LogP contribution >= 0.6 is 0 Å². The van der Waals surface area contributed by atoms with Crippen molar-refractivity contribution in [1.29, 1.82) is 0 Å². The molecule has 0 spiro atoms. The van der Waals surface area contributed by atoms with Crippen LogP contribution < -0.4 is 5.32 Å². The maximum Gasteiger partial charge on any atom is 0.127 e. The van der Waals surface area contributed by atoms with Crippen LogP contribution in [0.4, 0.5) is 0 Å². The van der Waals surface area contributed by atoms with Gasteiger partial charge in [0.25, 0.3) is 0 Å². The monoisotopic (exact) mass is 224 g/mol. The van der Waals surface area contributed by atoms with Crippen LogP contribution in [0.5, 0.6) is 0 Å². The Morgan fingerprint density at radius 2 is 2.47 bits per heavy atom. The minimum absolute atomic E-state index is 0.411. The Morgan fingerprint density at radius 3 is 3.07 bits per heavy atom. The highest BCUT2D eigenvalue weighted by molar-refractivity contribution is 7.85. The number of aromatic nitrogens is 1. The van der Waals surface area contributed by atoms with Gasteiger partial charge < -0.3 is 5.32 Å². The first-order chi connectivity index (χ1) is 7.25. The summed E-state index contributed by atoms with van der Waals surface area (Å²) in [5, 5.41) is 4.05. The number of hydrogen-bond donors (Lipinski definition) is 1. The van der Waals surface area contributed by atoms with Gasteiger partial charge in [-0.05, 0) is 37.9 Å². The Kier molecular flexibility index (Phi) is 3.49. The molecule has 15 heavy (non-hydrogen) atoms. The van der Waals surface area contributed by atoms with Crippen LogP contribution in [0, 0.1) is 6.92 Å². The molecule has 0 saturated carbocycles. The second-order valence-electron chi connectivity index (χ2n) is 3.98. The largest absolute Gasteiger partial charge is 0.313 e. The molecule has 1 saturated heterocycles. The third-order valence-electron chi connectivity index (χ3n) is 2.63. The normalized spacial score (nSPS) is 22.9. The van der Waals surface area contributed by atoms with E-state index in [4.69, 9.17) is 0 Å². The predicted octanol–water partition coefficient (Wildman–Crippen LogP) is 1.25. The highest BCUT2D eigenvalue weighted by Crippen LogP contribution is 2.10. The zero-order valence-corrected chi connectivity index (χ0v) is 9.72. The molecular weight excluding hydrogens is 208 g/mol. The molecule has 2 rings (SSSR count). The summed E-state index contributed by atoms with van der Waals surface area (Å²) in [6.45, 7) is 3.04. The van der Waals surface area contributed by atoms with E-state index in [2.05, 4.69) is 10.3 Å². The van der Waals surface area contributed by atoms with E-state index in [1.807, 2.05) is 19.1 Å². The van der Waals surface area contributed by atoms with Crippen molar-refractivity contribution in [3.8, 4) is 0 Å². The van der Waals surface area contributed by atoms with Gasteiger partial charge in [0.05, 0.1) is 10.8 Å². The first-order valence-corrected chi connectivity index (χ1v) is 6.62. The van der Waals surface area contributed by atoms with Gasteiger partial charge in [0.1, 0.15) is 5.03 Å². The molecular formula is C11H16N2OS. The van der Waals surface area contributed by atoms with Crippen LogP contribution in [0.15, 0.2) is 23.4 Å². The zero-order chi connectivity index (χ0) is 10.7. The number of nitrogens with one attached hydrogen (secondary N) is 1. The van der Waals surface area contributed by atoms with Gasteiger partial charge >= 0.3 is 0 Å². The van der Waals surface area contributed by atoms with Crippen molar-refractivity contribution in [2.45, 2.75) is 30.8 Å². The van der Waals surface area contributed by atoms with Crippen LogP contribution in [0.1, 0.15) is 18.4 Å². The van der Waals surface area contributed by atoms with Crippen LogP contribution in [0.2, 0.25) is 0 Å². The summed E-state index contributed by atoms with van der Waals surface area (Å²) in [5.74, 6) is 0.691. The van der Waals surface area contributed by atoms with E-state index in [0.29, 0.717) is 16.8 Å². The smallest absolute Gasteiger partial charge is 0.127 e. The van der Waals surface area contributed by atoms with Gasteiger partial charge in [-0.25, -0.2) is 4.98 Å². The van der Waals surface area contributed by atoms with Crippen molar-refractivity contribution < 1.29 is 4.21 Å². The molecule has 0 bridgehead atoms. The molecule has 0 amide bonds. The Bertz CT molecular complexity index is 344. The fourth-order valence-corrected chi connectivity index (χ4v) is 2.97. The molecule has 2 atom stereocenters. The summed E-state index contributed by atoms with van der Waals surface area (Å²) >= 11 is 0. The van der Waals surface area contributed by atoms with Crippen molar-refractivity contribution in [2.24, 2.45) is 0 Å². The average molecular weight is 224 g/mol. The Morgan fingerprint density at radius 1 is 1.60 bits per heavy atom. The van der Waals surface area contributed by atoms with Crippen molar-refractivity contribution in [3.05, 3.63) is 23.9 Å². The topological polar surface area (TPSA) is 42.0 Å². The first kappa shape index (κ1) is 10.8. The Hall–Kier alpha value is -0.740. The molecule has 82 valence electrons. The lowest BCUT2D eigenvalue weighted by Gasteiger charge is -2.08. The first-order valence-electron chi connectivity index (χ1n) is 5.30. The second kappa shape index (κ2) is 4.86. The zero-order valence-electron chi connectivity index (χ0n) is 8.90. The van der Waals surface area contributed by atoms with Crippen molar-refractivity contribution >= 4 is 10.8 Å². The van der Waals surface area contributed by atoms with Gasteiger partial charge in [-0.3, -0.25) is 4.21 Å². The van der Waals surface area contributed by atoms with Gasteiger partial charge in [0.2, 0.25) is 0 Å². The summed E-state index contributed by atoms with van der Waals surface area (Å²) in [6, 6.07) is 4.23. The predicted molar refractivity (Wildman–Crippen MR) is 61.3 cm³/mol. The van der Waals surface area contributed by atoms with Gasteiger partial charge in [-0.15, -0.1) is 0 Å². The summed E-state index contributed by atoms with van der Waals surface area (Å²) in [6.07, 6.45) is 4.11. The third kappa shape index (κ3) is 2.86. The number of hydrogen-bond acceptors (Lipinski definition) is 3. The molecule has 0 aromatic carbocycles. The Balaban J connectivity index is 1.98. The third-order valence-corrected chi connectivity index (χ3v) is 4.05. The molecule has 0 aliphatic carbocycles. The number of pyridine rings is 1. The fraction of sp³-hybridized carbons (Fsp3) is 0.545. The van der Waals surface area contributed by atoms with Crippen LogP contribution in [0.25, 0.3) is 0 Å². The van der Waals surface area contributed by atoms with Crippen molar-refractivity contribution in [3.63, 3.8) is 0 Å². The molecule has 0 radical (unpaired) electrons. The molecule has 1 fully saturated rings. The molecule has 2 unspecified atom stereocenters. The lowest BCUT2D eigenvalue weighted by molar-refractivity contribution is 0.641. The molecule has 1 aromatic heterocycles. The quantitative estimate of drug-likeness (QED) is 0.840. The molecule has 1 aliphatic heterocycles. The lowest BCUT2D eigenvalue weighted by Crippen LogP contribution is -2.27. The maximum atomic E-state index is 11.9. The summed E-state index contributed by atoms with van der Waals surface area (Å²) in [5.41, 5.74) is 1.11. The maximum absolute atomic E-state index is 11.9. The van der Waals surface area contributed by atoms with E-state index >= 15 is 0 Å². The SMILES string of the molecule is Cc1ccc(S(=O)CC2CCCN2)nc1. The van der Waals surface area contributed by atoms with Gasteiger partial charge in [-0.1, -0.05) is 6.07 Å². The second-order valence-corrected chi connectivity index (χ2v) is 5.42. The van der Waals surface area contributed by atoms with Crippen LogP contribution in [0.3, 0.4) is 0 Å². The molecule has 1 aliphatic rings. The summed E-state index contributed by atoms with van der Waals surface area (Å²) in [7, 11) is -0.955. The van der Waals surface area contributed by atoms with E-state index in [-0.39, 0.29) is 0 Å². The Labute approximate surface area is 92.8 Å². The summed E-state index contributed by atoms with van der Waals surface area (Å²) < 4.78 is 11.9. The number of nitrogens with zero attached hydrogens (tertiary/aromatic N) is 1. The van der Waals surface area contributed by atoms with Crippen molar-refractivity contribution in [1.82, 2.24) is 10.3 Å². The van der Waals surface area contributed by atoms with E-state index in [1.54, 1.807) is 6.20 Å². The fourth-order valence-electron chi connectivity index (χ4n) is 1.76. The lowest BCUT2D eigenvalue weighted by atomic mass is 10.3. The van der Waals surface area contributed by atoms with Crippen molar-refractivity contribution in [2.75, 3.05) is 12.3 Å². The van der Waals surface area contributed by atoms with E-state index in [9.17, 15) is 4.21 Å². The number of aryl methyl sites for hydroxylation is 1. The van der Waals surface area contributed by atoms with Gasteiger partial charge in [0.15, 0.2) is 0 Å². The molecule has 1 N–H and O–H groups in total. The highest BCUT2D eigenvalue weighted by Gasteiger charge is 2.18. The van der Waals surface area contributed by atoms with E-state index in [0.717, 1.165) is 18.5 Å². The molecule has 4 heteroatoms. The molecule has 3 nitrogen and oxygen atoms in total. The van der Waals surface area contributed by atoms with Gasteiger partial charge in [-0.2, -0.15) is 0 Å². The van der Waals surface area contributed by atoms with Crippen LogP contribution in [-0.2, 0) is 10.8 Å². The molecule has 2 heterocycles. The van der Waals surface area contributed by atoms with E-state index in [1.165, 1.54) is 6.42 Å². The highest BCUT2D eigenvalue weighted by atomic mass is 32.2. The van der Waals surface area contributed by atoms with Crippen LogP contribution in [-0.4, -0.2) is 27.5 Å². The summed E-state index contributed by atoms with van der Waals surface area (Å²) in [4.78, 5) is 4.19. The number of rotatable bonds is 3. The van der Waals surface area contributed by atoms with E-state index < -0.39 is 10.8 Å². The standard InChI is InChI=1S/C11H16N2OS/c1-9-4-5-11(13-7-9)15(14)8-10-3-2-6-12-10/h4-5,7,10,12H,2-3,6,8H2,1H3.